The highest BCUT2D eigenvalue weighted by Crippen LogP contribution is 2.29. The predicted molar refractivity (Wildman–Crippen MR) is 118 cm³/mol. The minimum absolute atomic E-state index is 0.0181. The number of hydrogen-bond donors (Lipinski definition) is 3. The number of hydrogen-bond acceptors (Lipinski definition) is 5. The molecule has 1 aromatic carbocycles. The van der Waals surface area contributed by atoms with Gasteiger partial charge in [0, 0.05) is 36.3 Å². The van der Waals surface area contributed by atoms with Crippen LogP contribution >= 0.6 is 0 Å². The van der Waals surface area contributed by atoms with Gasteiger partial charge in [-0.15, -0.1) is 0 Å². The zero-order valence-corrected chi connectivity index (χ0v) is 18.9. The van der Waals surface area contributed by atoms with Crippen LogP contribution in [0, 0.1) is 5.92 Å². The van der Waals surface area contributed by atoms with Crippen LogP contribution in [0.25, 0.3) is 0 Å². The maximum Gasteiger partial charge on any atom is 0.319 e. The molecule has 2 rings (SSSR count). The largest absolute Gasteiger partial charge is 0.488 e. The van der Waals surface area contributed by atoms with E-state index >= 15 is 0 Å². The van der Waals surface area contributed by atoms with Gasteiger partial charge in [0.25, 0.3) is 0 Å². The van der Waals surface area contributed by atoms with E-state index in [1.807, 2.05) is 40.9 Å². The van der Waals surface area contributed by atoms with Crippen LogP contribution in [-0.4, -0.2) is 78.8 Å². The molecule has 0 unspecified atom stereocenters. The number of rotatable bonds is 6. The first-order chi connectivity index (χ1) is 14.1. The number of aliphatic hydroxyl groups is 1. The molecule has 3 amide bonds. The maximum absolute atomic E-state index is 13.1. The molecule has 8 nitrogen and oxygen atoms in total. The van der Waals surface area contributed by atoms with Gasteiger partial charge in [0.05, 0.1) is 19.1 Å². The number of fused-ring (bicyclic) bond motifs is 1. The van der Waals surface area contributed by atoms with Crippen molar-refractivity contribution in [3.05, 3.63) is 23.8 Å². The Morgan fingerprint density at radius 3 is 2.63 bits per heavy atom. The van der Waals surface area contributed by atoms with Crippen LogP contribution in [0.4, 0.5) is 10.5 Å². The highest BCUT2D eigenvalue weighted by Gasteiger charge is 2.30. The molecule has 0 aliphatic carbocycles. The molecular weight excluding hydrogens is 384 g/mol. The Hall–Kier alpha value is -2.32. The molecule has 3 N–H and O–H groups in total. The lowest BCUT2D eigenvalue weighted by Gasteiger charge is -2.33. The molecule has 0 spiro atoms. The van der Waals surface area contributed by atoms with Crippen LogP contribution in [-0.2, 0) is 11.2 Å². The van der Waals surface area contributed by atoms with E-state index in [-0.39, 0.29) is 49.1 Å². The van der Waals surface area contributed by atoms with Crippen molar-refractivity contribution in [1.82, 2.24) is 15.1 Å². The molecule has 1 heterocycles. The Balaban J connectivity index is 2.37. The lowest BCUT2D eigenvalue weighted by molar-refractivity contribution is -0.134. The minimum atomic E-state index is -0.296. The smallest absolute Gasteiger partial charge is 0.319 e. The Labute approximate surface area is 179 Å². The van der Waals surface area contributed by atoms with Crippen molar-refractivity contribution in [2.24, 2.45) is 5.92 Å². The fourth-order valence-corrected chi connectivity index (χ4v) is 3.51. The molecule has 0 saturated carbocycles. The van der Waals surface area contributed by atoms with Crippen molar-refractivity contribution in [3.8, 4) is 5.75 Å². The summed E-state index contributed by atoms with van der Waals surface area (Å²) in [5.74, 6) is 0.656. The fourth-order valence-electron chi connectivity index (χ4n) is 3.51. The van der Waals surface area contributed by atoms with E-state index in [2.05, 4.69) is 22.5 Å². The fraction of sp³-hybridized carbons (Fsp3) is 0.636. The summed E-state index contributed by atoms with van der Waals surface area (Å²) in [7, 11) is 3.98. The Morgan fingerprint density at radius 2 is 2.03 bits per heavy atom. The number of benzene rings is 1. The van der Waals surface area contributed by atoms with Crippen LogP contribution in [0.3, 0.4) is 0 Å². The Morgan fingerprint density at radius 1 is 1.33 bits per heavy atom. The van der Waals surface area contributed by atoms with Crippen molar-refractivity contribution in [1.29, 1.82) is 0 Å². The molecule has 1 aliphatic rings. The lowest BCUT2D eigenvalue weighted by atomic mass is 10.0. The second kappa shape index (κ2) is 10.6. The minimum Gasteiger partial charge on any atom is -0.488 e. The summed E-state index contributed by atoms with van der Waals surface area (Å²) < 4.78 is 6.36. The number of aliphatic hydroxyl groups excluding tert-OH is 1. The molecule has 30 heavy (non-hydrogen) atoms. The lowest BCUT2D eigenvalue weighted by Crippen LogP contribution is -2.47. The molecule has 168 valence electrons. The van der Waals surface area contributed by atoms with Crippen molar-refractivity contribution < 1.29 is 19.4 Å². The van der Waals surface area contributed by atoms with Gasteiger partial charge in [-0.25, -0.2) is 4.79 Å². The first kappa shape index (κ1) is 24.0. The van der Waals surface area contributed by atoms with Gasteiger partial charge < -0.3 is 30.3 Å². The van der Waals surface area contributed by atoms with Gasteiger partial charge in [0.15, 0.2) is 0 Å². The van der Waals surface area contributed by atoms with Gasteiger partial charge in [-0.1, -0.05) is 6.92 Å². The number of likely N-dealkylation sites (N-methyl/N-ethyl adjacent to an activating group) is 1. The topological polar surface area (TPSA) is 94.1 Å². The van der Waals surface area contributed by atoms with Crippen molar-refractivity contribution in [2.75, 3.05) is 39.1 Å². The van der Waals surface area contributed by atoms with Crippen molar-refractivity contribution in [3.63, 3.8) is 0 Å². The summed E-state index contributed by atoms with van der Waals surface area (Å²) >= 11 is 0. The first-order valence-corrected chi connectivity index (χ1v) is 10.5. The number of carbonyl (C=O) groups excluding carboxylic acids is 2. The number of amides is 3. The summed E-state index contributed by atoms with van der Waals surface area (Å²) in [5, 5.41) is 15.3. The molecule has 0 fully saturated rings. The highest BCUT2D eigenvalue weighted by atomic mass is 16.5. The molecular formula is C22H36N4O4. The Bertz CT molecular complexity index is 738. The van der Waals surface area contributed by atoms with Crippen molar-refractivity contribution in [2.45, 2.75) is 52.3 Å². The molecule has 8 heteroatoms. The van der Waals surface area contributed by atoms with Crippen molar-refractivity contribution >= 4 is 17.6 Å². The van der Waals surface area contributed by atoms with E-state index < -0.39 is 0 Å². The summed E-state index contributed by atoms with van der Waals surface area (Å²) in [6, 6.07) is 4.83. The third kappa shape index (κ3) is 6.60. The van der Waals surface area contributed by atoms with Gasteiger partial charge in [-0.2, -0.15) is 0 Å². The highest BCUT2D eigenvalue weighted by molar-refractivity contribution is 5.90. The van der Waals surface area contributed by atoms with E-state index in [0.717, 1.165) is 5.56 Å². The molecule has 1 aliphatic heterocycles. The monoisotopic (exact) mass is 420 g/mol. The molecule has 3 atom stereocenters. The van der Waals surface area contributed by atoms with Crippen LogP contribution in [0.15, 0.2) is 18.2 Å². The second-order valence-corrected chi connectivity index (χ2v) is 8.73. The summed E-state index contributed by atoms with van der Waals surface area (Å²) in [6.45, 7) is 8.80. The number of urea groups is 1. The molecule has 1 aromatic rings. The number of ether oxygens (including phenoxy) is 1. The van der Waals surface area contributed by atoms with E-state index in [1.54, 1.807) is 17.0 Å². The first-order valence-electron chi connectivity index (χ1n) is 10.5. The normalized spacial score (nSPS) is 20.7. The number of anilines is 1. The number of nitrogens with one attached hydrogen (secondary N) is 2. The summed E-state index contributed by atoms with van der Waals surface area (Å²) in [6.07, 6.45) is 0.0173. The van der Waals surface area contributed by atoms with Crippen LogP contribution < -0.4 is 15.4 Å². The summed E-state index contributed by atoms with van der Waals surface area (Å²) in [5.41, 5.74) is 1.32. The van der Waals surface area contributed by atoms with E-state index in [0.29, 0.717) is 24.5 Å². The van der Waals surface area contributed by atoms with E-state index in [1.165, 1.54) is 0 Å². The second-order valence-electron chi connectivity index (χ2n) is 8.73. The van der Waals surface area contributed by atoms with E-state index in [9.17, 15) is 14.7 Å². The third-order valence-electron chi connectivity index (χ3n) is 5.14. The van der Waals surface area contributed by atoms with E-state index in [4.69, 9.17) is 4.74 Å². The number of nitrogens with zero attached hydrogens (tertiary/aromatic N) is 2. The molecule has 0 radical (unpaired) electrons. The molecule has 0 bridgehead atoms. The summed E-state index contributed by atoms with van der Waals surface area (Å²) in [4.78, 5) is 28.9. The third-order valence-corrected chi connectivity index (χ3v) is 5.14. The maximum atomic E-state index is 13.1. The van der Waals surface area contributed by atoms with Gasteiger partial charge in [0.2, 0.25) is 5.91 Å². The average molecular weight is 421 g/mol. The Kier molecular flexibility index (Phi) is 8.49. The van der Waals surface area contributed by atoms with Crippen LogP contribution in [0.2, 0.25) is 0 Å². The zero-order chi connectivity index (χ0) is 22.4. The number of carbonyl (C=O) groups is 2. The zero-order valence-electron chi connectivity index (χ0n) is 18.9. The van der Waals surface area contributed by atoms with Gasteiger partial charge >= 0.3 is 6.03 Å². The quantitative estimate of drug-likeness (QED) is 0.654. The SMILES string of the molecule is CC(C)NC(=O)Nc1ccc2c(c1)CC(=O)N([C@H](C)CO)C[C@@H](C)[C@@H](CN(C)C)O2. The predicted octanol–water partition coefficient (Wildman–Crippen LogP) is 1.93. The average Bonchev–Trinajstić information content (AvgIpc) is 2.69. The van der Waals surface area contributed by atoms with Gasteiger partial charge in [0.1, 0.15) is 11.9 Å². The van der Waals surface area contributed by atoms with Crippen LogP contribution in [0.1, 0.15) is 33.3 Å². The van der Waals surface area contributed by atoms with Gasteiger partial charge in [-0.3, -0.25) is 4.79 Å². The van der Waals surface area contributed by atoms with Crippen LogP contribution in [0.5, 0.6) is 5.75 Å². The standard InChI is InChI=1S/C22H36N4O4/c1-14(2)23-22(29)24-18-7-8-19-17(9-18)10-21(28)26(16(4)13-27)11-15(3)20(30-19)12-25(5)6/h7-9,14-16,20,27H,10-13H2,1-6H3,(H2,23,24,29)/t15-,16-,20-/m1/s1. The molecule has 0 saturated heterocycles. The molecule has 0 aromatic heterocycles. The van der Waals surface area contributed by atoms with Gasteiger partial charge in [-0.05, 0) is 53.1 Å².